The first kappa shape index (κ1) is 19.0. The second kappa shape index (κ2) is 6.74. The number of hydrogen-bond donors (Lipinski definition) is 2. The minimum absolute atomic E-state index is 0.0194. The van der Waals surface area contributed by atoms with Crippen molar-refractivity contribution in [2.75, 3.05) is 25.0 Å². The van der Waals surface area contributed by atoms with Crippen LogP contribution >= 0.6 is 11.6 Å². The minimum atomic E-state index is -4.65. The third kappa shape index (κ3) is 3.53. The van der Waals surface area contributed by atoms with Gasteiger partial charge in [-0.3, -0.25) is 14.5 Å². The Morgan fingerprint density at radius 3 is 2.73 bits per heavy atom. The van der Waals surface area contributed by atoms with Crippen LogP contribution in [0.1, 0.15) is 24.8 Å². The predicted octanol–water partition coefficient (Wildman–Crippen LogP) is 3.48. The maximum atomic E-state index is 13.1. The summed E-state index contributed by atoms with van der Waals surface area (Å²) in [5, 5.41) is 11.7. The number of amides is 1. The normalized spacial score (nSPS) is 25.9. The van der Waals surface area contributed by atoms with E-state index in [1.807, 2.05) is 0 Å². The first-order valence-corrected chi connectivity index (χ1v) is 8.62. The summed E-state index contributed by atoms with van der Waals surface area (Å²) < 4.78 is 39.3. The maximum Gasteiger partial charge on any atom is 0.418 e. The Morgan fingerprint density at radius 1 is 1.38 bits per heavy atom. The van der Waals surface area contributed by atoms with Crippen LogP contribution in [0.2, 0.25) is 5.02 Å². The number of hydrogen-bond acceptors (Lipinski definition) is 3. The molecule has 9 heteroatoms. The van der Waals surface area contributed by atoms with E-state index < -0.39 is 29.0 Å². The highest BCUT2D eigenvalue weighted by atomic mass is 35.5. The maximum absolute atomic E-state index is 13.1. The fraction of sp³-hybridized carbons (Fsp3) is 0.529. The lowest BCUT2D eigenvalue weighted by atomic mass is 9.81. The Kier molecular flexibility index (Phi) is 4.92. The van der Waals surface area contributed by atoms with Gasteiger partial charge < -0.3 is 10.4 Å². The van der Waals surface area contributed by atoms with Crippen molar-refractivity contribution in [1.29, 1.82) is 0 Å². The molecule has 0 aromatic heterocycles. The van der Waals surface area contributed by atoms with Crippen molar-refractivity contribution in [3.63, 3.8) is 0 Å². The van der Waals surface area contributed by atoms with Gasteiger partial charge in [0.1, 0.15) is 0 Å². The number of anilines is 1. The van der Waals surface area contributed by atoms with Crippen LogP contribution in [0.3, 0.4) is 0 Å². The largest absolute Gasteiger partial charge is 0.481 e. The van der Waals surface area contributed by atoms with Crippen LogP contribution in [0.4, 0.5) is 18.9 Å². The fourth-order valence-electron chi connectivity index (χ4n) is 4.12. The van der Waals surface area contributed by atoms with E-state index in [1.54, 1.807) is 4.90 Å². The van der Waals surface area contributed by atoms with E-state index in [0.29, 0.717) is 13.0 Å². The van der Waals surface area contributed by atoms with Gasteiger partial charge in [0, 0.05) is 18.1 Å². The minimum Gasteiger partial charge on any atom is -0.481 e. The molecule has 1 amide bonds. The number of carboxylic acids is 1. The van der Waals surface area contributed by atoms with Crippen molar-refractivity contribution in [3.05, 3.63) is 28.8 Å². The molecule has 2 atom stereocenters. The third-order valence-electron chi connectivity index (χ3n) is 5.30. The van der Waals surface area contributed by atoms with Crippen molar-refractivity contribution in [3.8, 4) is 0 Å². The van der Waals surface area contributed by atoms with E-state index in [-0.39, 0.29) is 29.7 Å². The molecule has 1 aromatic rings. The fourth-order valence-corrected chi connectivity index (χ4v) is 4.29. The van der Waals surface area contributed by atoms with Gasteiger partial charge in [-0.2, -0.15) is 13.2 Å². The highest BCUT2D eigenvalue weighted by Crippen LogP contribution is 2.48. The highest BCUT2D eigenvalue weighted by molar-refractivity contribution is 6.30. The molecule has 0 radical (unpaired) electrons. The number of benzene rings is 1. The molecule has 2 aliphatic rings. The van der Waals surface area contributed by atoms with Crippen molar-refractivity contribution in [2.45, 2.75) is 25.4 Å². The molecule has 1 saturated carbocycles. The van der Waals surface area contributed by atoms with E-state index in [0.717, 1.165) is 25.0 Å². The second-order valence-corrected chi connectivity index (χ2v) is 7.39. The lowest BCUT2D eigenvalue weighted by Gasteiger charge is -2.23. The topological polar surface area (TPSA) is 69.6 Å². The number of alkyl halides is 3. The predicted molar refractivity (Wildman–Crippen MR) is 88.9 cm³/mol. The van der Waals surface area contributed by atoms with Crippen molar-refractivity contribution in [1.82, 2.24) is 4.90 Å². The summed E-state index contributed by atoms with van der Waals surface area (Å²) >= 11 is 5.62. The monoisotopic (exact) mass is 390 g/mol. The van der Waals surface area contributed by atoms with Gasteiger partial charge in [0.2, 0.25) is 5.91 Å². The SMILES string of the molecule is O=C(CN1C[C@@H]2CCC[C@@]2(C(=O)O)C1)Nc1ccc(Cl)cc1C(F)(F)F. The number of aliphatic carboxylic acids is 1. The van der Waals surface area contributed by atoms with Gasteiger partial charge >= 0.3 is 12.1 Å². The summed E-state index contributed by atoms with van der Waals surface area (Å²) in [5.74, 6) is -1.49. The standard InChI is InChI=1S/C17H18ClF3N2O3/c18-11-3-4-13(12(6-11)17(19,20)21)22-14(24)8-23-7-10-2-1-5-16(10,9-23)15(25)26/h3-4,6,10H,1-2,5,7-9H2,(H,22,24)(H,25,26)/t10-,16+/m0/s1. The number of halogens is 4. The molecule has 0 spiro atoms. The van der Waals surface area contributed by atoms with E-state index in [4.69, 9.17) is 11.6 Å². The Labute approximate surface area is 153 Å². The molecular weight excluding hydrogens is 373 g/mol. The quantitative estimate of drug-likeness (QED) is 0.825. The summed E-state index contributed by atoms with van der Waals surface area (Å²) in [6, 6.07) is 3.14. The second-order valence-electron chi connectivity index (χ2n) is 6.96. The van der Waals surface area contributed by atoms with Crippen LogP contribution in [0, 0.1) is 11.3 Å². The zero-order chi connectivity index (χ0) is 19.1. The lowest BCUT2D eigenvalue weighted by molar-refractivity contribution is -0.149. The molecule has 26 heavy (non-hydrogen) atoms. The van der Waals surface area contributed by atoms with E-state index in [1.165, 1.54) is 6.07 Å². The summed E-state index contributed by atoms with van der Waals surface area (Å²) in [7, 11) is 0. The molecule has 0 bridgehead atoms. The van der Waals surface area contributed by atoms with Gasteiger partial charge in [0.25, 0.3) is 0 Å². The number of carbonyl (C=O) groups is 2. The van der Waals surface area contributed by atoms with Crippen molar-refractivity contribution >= 4 is 29.2 Å². The molecule has 1 aromatic carbocycles. The lowest BCUT2D eigenvalue weighted by Crippen LogP contribution is -2.37. The zero-order valence-electron chi connectivity index (χ0n) is 13.8. The first-order chi connectivity index (χ1) is 12.1. The van der Waals surface area contributed by atoms with Gasteiger partial charge in [0.05, 0.1) is 23.2 Å². The highest BCUT2D eigenvalue weighted by Gasteiger charge is 2.54. The third-order valence-corrected chi connectivity index (χ3v) is 5.53. The number of rotatable bonds is 4. The number of nitrogens with zero attached hydrogens (tertiary/aromatic N) is 1. The molecule has 0 unspecified atom stereocenters. The number of nitrogens with one attached hydrogen (secondary N) is 1. The average molecular weight is 391 g/mol. The van der Waals surface area contributed by atoms with E-state index in [2.05, 4.69) is 5.32 Å². The molecule has 1 heterocycles. The number of carboxylic acid groups (broad SMARTS) is 1. The number of carbonyl (C=O) groups excluding carboxylic acids is 1. The molecular formula is C17H18ClF3N2O3. The summed E-state index contributed by atoms with van der Waals surface area (Å²) in [4.78, 5) is 25.6. The molecule has 2 N–H and O–H groups in total. The zero-order valence-corrected chi connectivity index (χ0v) is 14.5. The summed E-state index contributed by atoms with van der Waals surface area (Å²) in [5.41, 5.74) is -2.21. The summed E-state index contributed by atoms with van der Waals surface area (Å²) in [6.45, 7) is 0.561. The van der Waals surface area contributed by atoms with Crippen LogP contribution in [-0.2, 0) is 15.8 Å². The van der Waals surface area contributed by atoms with Gasteiger partial charge in [0.15, 0.2) is 0 Å². The van der Waals surface area contributed by atoms with Gasteiger partial charge in [-0.15, -0.1) is 0 Å². The Balaban J connectivity index is 1.69. The van der Waals surface area contributed by atoms with Crippen LogP contribution in [-0.4, -0.2) is 41.5 Å². The smallest absolute Gasteiger partial charge is 0.418 e. The molecule has 1 saturated heterocycles. The van der Waals surface area contributed by atoms with Gasteiger partial charge in [-0.05, 0) is 37.0 Å². The molecule has 1 aliphatic heterocycles. The molecule has 142 valence electrons. The molecule has 5 nitrogen and oxygen atoms in total. The molecule has 3 rings (SSSR count). The van der Waals surface area contributed by atoms with E-state index in [9.17, 15) is 27.9 Å². The van der Waals surface area contributed by atoms with Crippen LogP contribution < -0.4 is 5.32 Å². The summed E-state index contributed by atoms with van der Waals surface area (Å²) in [6.07, 6.45) is -2.44. The van der Waals surface area contributed by atoms with Crippen molar-refractivity contribution < 1.29 is 27.9 Å². The van der Waals surface area contributed by atoms with Crippen LogP contribution in [0.5, 0.6) is 0 Å². The van der Waals surface area contributed by atoms with Gasteiger partial charge in [-0.25, -0.2) is 0 Å². The van der Waals surface area contributed by atoms with Crippen LogP contribution in [0.15, 0.2) is 18.2 Å². The average Bonchev–Trinajstić information content (AvgIpc) is 3.05. The first-order valence-electron chi connectivity index (χ1n) is 8.24. The Bertz CT molecular complexity index is 740. The number of likely N-dealkylation sites (tertiary alicyclic amines) is 1. The number of fused-ring (bicyclic) bond motifs is 1. The molecule has 1 aliphatic carbocycles. The molecule has 2 fully saturated rings. The Hall–Kier alpha value is -1.80. The van der Waals surface area contributed by atoms with E-state index >= 15 is 0 Å². The van der Waals surface area contributed by atoms with Crippen molar-refractivity contribution in [2.24, 2.45) is 11.3 Å². The van der Waals surface area contributed by atoms with Gasteiger partial charge in [-0.1, -0.05) is 18.0 Å². The van der Waals surface area contributed by atoms with Crippen LogP contribution in [0.25, 0.3) is 0 Å². The Morgan fingerprint density at radius 2 is 2.12 bits per heavy atom.